The minimum atomic E-state index is -0.351. The Morgan fingerprint density at radius 3 is 2.57 bits per heavy atom. The zero-order chi connectivity index (χ0) is 20.1. The van der Waals surface area contributed by atoms with Crippen molar-refractivity contribution in [2.75, 3.05) is 18.9 Å². The molecule has 1 heterocycles. The molecule has 2 amide bonds. The number of anilines is 1. The van der Waals surface area contributed by atoms with Gasteiger partial charge in [-0.1, -0.05) is 47.7 Å². The third-order valence-corrected chi connectivity index (χ3v) is 4.55. The number of carbonyl (C=O) groups is 2. The van der Waals surface area contributed by atoms with Crippen molar-refractivity contribution in [3.8, 4) is 0 Å². The monoisotopic (exact) mass is 377 g/mol. The van der Waals surface area contributed by atoms with E-state index in [0.717, 1.165) is 22.4 Å². The topological polar surface area (TPSA) is 80.1 Å². The van der Waals surface area contributed by atoms with Crippen LogP contribution in [0.25, 0.3) is 0 Å². The summed E-state index contributed by atoms with van der Waals surface area (Å²) in [5.74, 6) is -0.614. The number of aryl methyl sites for hydroxylation is 1. The molecule has 0 fully saturated rings. The molecule has 0 bridgehead atoms. The molecule has 1 aromatic heterocycles. The van der Waals surface area contributed by atoms with Gasteiger partial charge in [-0.3, -0.25) is 9.59 Å². The molecule has 0 unspecified atom stereocenters. The highest BCUT2D eigenvalue weighted by Gasteiger charge is 2.18. The second kappa shape index (κ2) is 8.47. The average Bonchev–Trinajstić information content (AvgIpc) is 3.14. The van der Waals surface area contributed by atoms with Gasteiger partial charge in [0.25, 0.3) is 5.91 Å². The lowest BCUT2D eigenvalue weighted by molar-refractivity contribution is -0.116. The molecule has 0 saturated heterocycles. The van der Waals surface area contributed by atoms with Gasteiger partial charge in [-0.15, -0.1) is 5.10 Å². The summed E-state index contributed by atoms with van der Waals surface area (Å²) in [5, 5.41) is 10.8. The lowest BCUT2D eigenvalue weighted by Gasteiger charge is -2.16. The van der Waals surface area contributed by atoms with Crippen molar-refractivity contribution in [3.05, 3.63) is 77.1 Å². The summed E-state index contributed by atoms with van der Waals surface area (Å²) in [6.45, 7) is 4.39. The number of nitrogens with zero attached hydrogens (tertiary/aromatic N) is 4. The van der Waals surface area contributed by atoms with Crippen LogP contribution in [-0.2, 0) is 11.3 Å². The van der Waals surface area contributed by atoms with Crippen LogP contribution in [0, 0.1) is 13.8 Å². The number of nitrogens with one attached hydrogen (secondary N) is 1. The molecule has 0 aliphatic carbocycles. The quantitative estimate of drug-likeness (QED) is 0.716. The predicted octanol–water partition coefficient (Wildman–Crippen LogP) is 2.65. The van der Waals surface area contributed by atoms with Crippen molar-refractivity contribution in [1.82, 2.24) is 19.9 Å². The highest BCUT2D eigenvalue weighted by Crippen LogP contribution is 2.17. The number of benzene rings is 2. The van der Waals surface area contributed by atoms with Gasteiger partial charge in [0.05, 0.1) is 19.3 Å². The lowest BCUT2D eigenvalue weighted by Crippen LogP contribution is -2.35. The molecule has 0 spiro atoms. The number of carbonyl (C=O) groups excluding carboxylic acids is 2. The molecule has 7 nitrogen and oxygen atoms in total. The molecule has 0 saturated carbocycles. The van der Waals surface area contributed by atoms with E-state index in [4.69, 9.17) is 0 Å². The Hall–Kier alpha value is -3.48. The Balaban J connectivity index is 1.60. The minimum Gasteiger partial charge on any atom is -0.331 e. The summed E-state index contributed by atoms with van der Waals surface area (Å²) in [7, 11) is 1.57. The van der Waals surface area contributed by atoms with Crippen molar-refractivity contribution in [2.24, 2.45) is 0 Å². The molecule has 3 rings (SSSR count). The van der Waals surface area contributed by atoms with Gasteiger partial charge in [-0.2, -0.15) is 0 Å². The number of hydrogen-bond donors (Lipinski definition) is 1. The van der Waals surface area contributed by atoms with E-state index in [0.29, 0.717) is 6.54 Å². The van der Waals surface area contributed by atoms with Crippen LogP contribution in [0.5, 0.6) is 0 Å². The molecule has 7 heteroatoms. The predicted molar refractivity (Wildman–Crippen MR) is 107 cm³/mol. The molecule has 0 aliphatic rings. The fourth-order valence-corrected chi connectivity index (χ4v) is 2.80. The summed E-state index contributed by atoms with van der Waals surface area (Å²) in [4.78, 5) is 26.2. The molecule has 0 aliphatic heterocycles. The van der Waals surface area contributed by atoms with Crippen LogP contribution in [-0.4, -0.2) is 45.3 Å². The molecule has 0 radical (unpaired) electrons. The van der Waals surface area contributed by atoms with Gasteiger partial charge in [-0.05, 0) is 36.6 Å². The Morgan fingerprint density at radius 2 is 1.82 bits per heavy atom. The Morgan fingerprint density at radius 1 is 1.07 bits per heavy atom. The Kier molecular flexibility index (Phi) is 5.84. The number of aromatic nitrogens is 3. The maximum absolute atomic E-state index is 12.5. The van der Waals surface area contributed by atoms with Crippen molar-refractivity contribution in [2.45, 2.75) is 20.4 Å². The first-order valence-electron chi connectivity index (χ1n) is 8.99. The van der Waals surface area contributed by atoms with Crippen LogP contribution >= 0.6 is 0 Å². The molecule has 0 atom stereocenters. The van der Waals surface area contributed by atoms with Gasteiger partial charge >= 0.3 is 0 Å². The maximum atomic E-state index is 12.5. The Labute approximate surface area is 164 Å². The van der Waals surface area contributed by atoms with E-state index in [1.165, 1.54) is 4.90 Å². The largest absolute Gasteiger partial charge is 0.331 e. The summed E-state index contributed by atoms with van der Waals surface area (Å²) in [6, 6.07) is 15.5. The zero-order valence-corrected chi connectivity index (χ0v) is 16.2. The lowest BCUT2D eigenvalue weighted by atomic mass is 10.1. The highest BCUT2D eigenvalue weighted by molar-refractivity contribution is 5.98. The molecule has 144 valence electrons. The minimum absolute atomic E-state index is 0.0717. The van der Waals surface area contributed by atoms with E-state index in [2.05, 4.69) is 15.6 Å². The third kappa shape index (κ3) is 4.62. The average molecular weight is 377 g/mol. The second-order valence-corrected chi connectivity index (χ2v) is 6.74. The SMILES string of the molecule is Cc1cccc(NC(=O)CN(C)C(=O)c2cn(Cc3ccccc3)nn2)c1C. The van der Waals surface area contributed by atoms with E-state index in [9.17, 15) is 9.59 Å². The number of likely N-dealkylation sites (N-methyl/N-ethyl adjacent to an activating group) is 1. The van der Waals surface area contributed by atoms with E-state index in [1.807, 2.05) is 62.4 Å². The zero-order valence-electron chi connectivity index (χ0n) is 16.2. The first kappa shape index (κ1) is 19.3. The Bertz CT molecular complexity index is 981. The van der Waals surface area contributed by atoms with Crippen molar-refractivity contribution in [1.29, 1.82) is 0 Å². The van der Waals surface area contributed by atoms with Crippen molar-refractivity contribution in [3.63, 3.8) is 0 Å². The summed E-state index contributed by atoms with van der Waals surface area (Å²) < 4.78 is 1.60. The van der Waals surface area contributed by atoms with Crippen LogP contribution in [0.3, 0.4) is 0 Å². The number of amides is 2. The van der Waals surface area contributed by atoms with Crippen LogP contribution in [0.2, 0.25) is 0 Å². The van der Waals surface area contributed by atoms with Crippen molar-refractivity contribution < 1.29 is 9.59 Å². The number of hydrogen-bond acceptors (Lipinski definition) is 4. The van der Waals surface area contributed by atoms with Crippen LogP contribution in [0.1, 0.15) is 27.2 Å². The smallest absolute Gasteiger partial charge is 0.276 e. The molecular formula is C21H23N5O2. The van der Waals surface area contributed by atoms with Gasteiger partial charge < -0.3 is 10.2 Å². The van der Waals surface area contributed by atoms with Gasteiger partial charge in [0.2, 0.25) is 5.91 Å². The van der Waals surface area contributed by atoms with E-state index in [1.54, 1.807) is 17.9 Å². The fraction of sp³-hybridized carbons (Fsp3) is 0.238. The van der Waals surface area contributed by atoms with Crippen molar-refractivity contribution >= 4 is 17.5 Å². The van der Waals surface area contributed by atoms with E-state index >= 15 is 0 Å². The standard InChI is InChI=1S/C21H23N5O2/c1-15-8-7-11-18(16(15)2)22-20(27)14-25(3)21(28)19-13-26(24-23-19)12-17-9-5-4-6-10-17/h4-11,13H,12,14H2,1-3H3,(H,22,27). The fourth-order valence-electron chi connectivity index (χ4n) is 2.80. The molecule has 1 N–H and O–H groups in total. The van der Waals surface area contributed by atoms with Crippen LogP contribution in [0.4, 0.5) is 5.69 Å². The summed E-state index contributed by atoms with van der Waals surface area (Å²) in [6.07, 6.45) is 1.59. The van der Waals surface area contributed by atoms with E-state index < -0.39 is 0 Å². The summed E-state index contributed by atoms with van der Waals surface area (Å²) in [5.41, 5.74) is 4.12. The van der Waals surface area contributed by atoms with Gasteiger partial charge in [0.1, 0.15) is 0 Å². The van der Waals surface area contributed by atoms with Crippen LogP contribution in [0.15, 0.2) is 54.7 Å². The van der Waals surface area contributed by atoms with E-state index in [-0.39, 0.29) is 24.1 Å². The van der Waals surface area contributed by atoms with Gasteiger partial charge in [-0.25, -0.2) is 4.68 Å². The number of rotatable bonds is 6. The molecular weight excluding hydrogens is 354 g/mol. The molecule has 28 heavy (non-hydrogen) atoms. The van der Waals surface area contributed by atoms with Gasteiger partial charge in [0.15, 0.2) is 5.69 Å². The molecule has 2 aromatic carbocycles. The maximum Gasteiger partial charge on any atom is 0.276 e. The van der Waals surface area contributed by atoms with Crippen LogP contribution < -0.4 is 5.32 Å². The summed E-state index contributed by atoms with van der Waals surface area (Å²) >= 11 is 0. The van der Waals surface area contributed by atoms with Gasteiger partial charge in [0, 0.05) is 12.7 Å². The third-order valence-electron chi connectivity index (χ3n) is 4.55. The first-order valence-corrected chi connectivity index (χ1v) is 8.99. The second-order valence-electron chi connectivity index (χ2n) is 6.74. The highest BCUT2D eigenvalue weighted by atomic mass is 16.2. The molecule has 3 aromatic rings. The normalized spacial score (nSPS) is 10.5. The first-order chi connectivity index (χ1) is 13.4.